The zero-order chi connectivity index (χ0) is 18.4. The monoisotopic (exact) mass is 374 g/mol. The summed E-state index contributed by atoms with van der Waals surface area (Å²) in [6.45, 7) is 6.68. The molecule has 0 saturated carbocycles. The first-order valence-electron chi connectivity index (χ1n) is 9.24. The topological polar surface area (TPSA) is 33.7 Å². The number of hydrogen-bond donors (Lipinski definition) is 1. The second kappa shape index (κ2) is 9.26. The van der Waals surface area contributed by atoms with Crippen LogP contribution in [0.4, 0.5) is 0 Å². The SMILES string of the molecule is CCOc1cccc(C(c2cc(Cl)ccc2OC)N2CCCNCC2)c1. The Morgan fingerprint density at radius 2 is 2.04 bits per heavy atom. The van der Waals surface area contributed by atoms with E-state index in [2.05, 4.69) is 28.4 Å². The van der Waals surface area contributed by atoms with Crippen LogP contribution in [-0.4, -0.2) is 44.8 Å². The fraction of sp³-hybridized carbons (Fsp3) is 0.429. The lowest BCUT2D eigenvalue weighted by Gasteiger charge is -2.32. The lowest BCUT2D eigenvalue weighted by Crippen LogP contribution is -2.33. The highest BCUT2D eigenvalue weighted by Crippen LogP contribution is 2.37. The van der Waals surface area contributed by atoms with E-state index in [0.717, 1.165) is 54.7 Å². The first-order valence-corrected chi connectivity index (χ1v) is 9.61. The van der Waals surface area contributed by atoms with Crippen molar-refractivity contribution >= 4 is 11.6 Å². The van der Waals surface area contributed by atoms with Gasteiger partial charge in [0, 0.05) is 30.2 Å². The first kappa shape index (κ1) is 19.0. The number of nitrogens with one attached hydrogen (secondary N) is 1. The van der Waals surface area contributed by atoms with E-state index in [4.69, 9.17) is 21.1 Å². The van der Waals surface area contributed by atoms with Crippen molar-refractivity contribution in [2.45, 2.75) is 19.4 Å². The van der Waals surface area contributed by atoms with Gasteiger partial charge >= 0.3 is 0 Å². The van der Waals surface area contributed by atoms with Gasteiger partial charge in [-0.15, -0.1) is 0 Å². The van der Waals surface area contributed by atoms with Crippen molar-refractivity contribution in [2.24, 2.45) is 0 Å². The predicted molar refractivity (Wildman–Crippen MR) is 107 cm³/mol. The molecule has 2 aromatic carbocycles. The average molecular weight is 375 g/mol. The van der Waals surface area contributed by atoms with Crippen LogP contribution in [0, 0.1) is 0 Å². The molecule has 0 aliphatic carbocycles. The maximum atomic E-state index is 6.35. The predicted octanol–water partition coefficient (Wildman–Crippen LogP) is 4.13. The van der Waals surface area contributed by atoms with Crippen LogP contribution < -0.4 is 14.8 Å². The molecule has 1 aliphatic rings. The van der Waals surface area contributed by atoms with E-state index in [1.165, 1.54) is 5.56 Å². The van der Waals surface area contributed by atoms with Gasteiger partial charge in [-0.25, -0.2) is 0 Å². The molecule has 0 bridgehead atoms. The van der Waals surface area contributed by atoms with E-state index < -0.39 is 0 Å². The van der Waals surface area contributed by atoms with E-state index in [1.807, 2.05) is 31.2 Å². The van der Waals surface area contributed by atoms with Gasteiger partial charge in [0.15, 0.2) is 0 Å². The van der Waals surface area contributed by atoms with Crippen molar-refractivity contribution in [3.63, 3.8) is 0 Å². The molecule has 140 valence electrons. The molecule has 0 amide bonds. The molecule has 0 spiro atoms. The van der Waals surface area contributed by atoms with Gasteiger partial charge in [-0.05, 0) is 55.8 Å². The van der Waals surface area contributed by atoms with Crippen molar-refractivity contribution in [3.8, 4) is 11.5 Å². The molecule has 3 rings (SSSR count). The molecule has 1 aliphatic heterocycles. The maximum Gasteiger partial charge on any atom is 0.124 e. The van der Waals surface area contributed by atoms with Crippen LogP contribution in [0.3, 0.4) is 0 Å². The number of rotatable bonds is 6. The summed E-state index contributed by atoms with van der Waals surface area (Å²) in [5.41, 5.74) is 2.29. The van der Waals surface area contributed by atoms with Crippen LogP contribution in [0.15, 0.2) is 42.5 Å². The van der Waals surface area contributed by atoms with Gasteiger partial charge in [0.05, 0.1) is 19.8 Å². The van der Waals surface area contributed by atoms with Gasteiger partial charge in [-0.1, -0.05) is 23.7 Å². The Bertz CT molecular complexity index is 715. The summed E-state index contributed by atoms with van der Waals surface area (Å²) in [5, 5.41) is 4.20. The molecule has 2 aromatic rings. The van der Waals surface area contributed by atoms with Gasteiger partial charge in [0.1, 0.15) is 11.5 Å². The molecule has 1 saturated heterocycles. The minimum Gasteiger partial charge on any atom is -0.496 e. The Labute approximate surface area is 161 Å². The zero-order valence-corrected chi connectivity index (χ0v) is 16.3. The fourth-order valence-corrected chi connectivity index (χ4v) is 3.75. The number of nitrogens with zero attached hydrogens (tertiary/aromatic N) is 1. The second-order valence-corrected chi connectivity index (χ2v) is 6.87. The Kier molecular flexibility index (Phi) is 6.78. The summed E-state index contributed by atoms with van der Waals surface area (Å²) < 4.78 is 11.4. The average Bonchev–Trinajstić information content (AvgIpc) is 2.92. The standard InChI is InChI=1S/C21H27ClN2O2/c1-3-26-18-7-4-6-16(14-18)21(24-12-5-10-23-11-13-24)19-15-17(22)8-9-20(19)25-2/h4,6-9,14-15,21,23H,3,5,10-13H2,1-2H3. The first-order chi connectivity index (χ1) is 12.7. The molecular formula is C21H27ClN2O2. The van der Waals surface area contributed by atoms with Crippen LogP contribution in [0.2, 0.25) is 5.02 Å². The van der Waals surface area contributed by atoms with Crippen molar-refractivity contribution in [2.75, 3.05) is 39.9 Å². The van der Waals surface area contributed by atoms with Gasteiger partial charge < -0.3 is 14.8 Å². The highest BCUT2D eigenvalue weighted by molar-refractivity contribution is 6.30. The number of methoxy groups -OCH3 is 1. The Hall–Kier alpha value is -1.75. The minimum atomic E-state index is 0.0731. The summed E-state index contributed by atoms with van der Waals surface area (Å²) in [5.74, 6) is 1.75. The summed E-state index contributed by atoms with van der Waals surface area (Å²) in [7, 11) is 1.71. The van der Waals surface area contributed by atoms with E-state index in [1.54, 1.807) is 7.11 Å². The molecular weight excluding hydrogens is 348 g/mol. The molecule has 1 atom stereocenters. The second-order valence-electron chi connectivity index (χ2n) is 6.43. The lowest BCUT2D eigenvalue weighted by atomic mass is 9.95. The molecule has 1 N–H and O–H groups in total. The number of benzene rings is 2. The number of halogens is 1. The third-order valence-corrected chi connectivity index (χ3v) is 4.95. The van der Waals surface area contributed by atoms with Crippen molar-refractivity contribution in [3.05, 3.63) is 58.6 Å². The number of ether oxygens (including phenoxy) is 2. The van der Waals surface area contributed by atoms with Crippen molar-refractivity contribution < 1.29 is 9.47 Å². The molecule has 1 fully saturated rings. The Morgan fingerprint density at radius 1 is 1.15 bits per heavy atom. The molecule has 0 aromatic heterocycles. The van der Waals surface area contributed by atoms with Crippen LogP contribution >= 0.6 is 11.6 Å². The van der Waals surface area contributed by atoms with Crippen LogP contribution in [0.5, 0.6) is 11.5 Å². The molecule has 1 heterocycles. The summed E-state index contributed by atoms with van der Waals surface area (Å²) in [6.07, 6.45) is 1.12. The van der Waals surface area contributed by atoms with Crippen LogP contribution in [0.25, 0.3) is 0 Å². The molecule has 4 nitrogen and oxygen atoms in total. The molecule has 26 heavy (non-hydrogen) atoms. The molecule has 0 radical (unpaired) electrons. The summed E-state index contributed by atoms with van der Waals surface area (Å²) in [6, 6.07) is 14.3. The lowest BCUT2D eigenvalue weighted by molar-refractivity contribution is 0.235. The third-order valence-electron chi connectivity index (χ3n) is 4.71. The Morgan fingerprint density at radius 3 is 2.85 bits per heavy atom. The van der Waals surface area contributed by atoms with Gasteiger partial charge in [-0.2, -0.15) is 0 Å². The third kappa shape index (κ3) is 4.50. The van der Waals surface area contributed by atoms with Gasteiger partial charge in [-0.3, -0.25) is 4.90 Å². The van der Waals surface area contributed by atoms with Gasteiger partial charge in [0.2, 0.25) is 0 Å². The quantitative estimate of drug-likeness (QED) is 0.824. The molecule has 1 unspecified atom stereocenters. The maximum absolute atomic E-state index is 6.35. The van der Waals surface area contributed by atoms with Crippen LogP contribution in [-0.2, 0) is 0 Å². The van der Waals surface area contributed by atoms with Crippen LogP contribution in [0.1, 0.15) is 30.5 Å². The van der Waals surface area contributed by atoms with Crippen molar-refractivity contribution in [1.82, 2.24) is 10.2 Å². The molecule has 5 heteroatoms. The van der Waals surface area contributed by atoms with Crippen molar-refractivity contribution in [1.29, 1.82) is 0 Å². The van der Waals surface area contributed by atoms with E-state index >= 15 is 0 Å². The Balaban J connectivity index is 2.07. The highest BCUT2D eigenvalue weighted by Gasteiger charge is 2.26. The fourth-order valence-electron chi connectivity index (χ4n) is 3.57. The van der Waals surface area contributed by atoms with E-state index in [9.17, 15) is 0 Å². The van der Waals surface area contributed by atoms with Gasteiger partial charge in [0.25, 0.3) is 0 Å². The summed E-state index contributed by atoms with van der Waals surface area (Å²) >= 11 is 6.35. The van der Waals surface area contributed by atoms with E-state index in [-0.39, 0.29) is 6.04 Å². The summed E-state index contributed by atoms with van der Waals surface area (Å²) in [4.78, 5) is 2.50. The minimum absolute atomic E-state index is 0.0731. The smallest absolute Gasteiger partial charge is 0.124 e. The number of hydrogen-bond acceptors (Lipinski definition) is 4. The van der Waals surface area contributed by atoms with E-state index in [0.29, 0.717) is 6.61 Å². The normalized spacial score (nSPS) is 16.7. The highest BCUT2D eigenvalue weighted by atomic mass is 35.5. The zero-order valence-electron chi connectivity index (χ0n) is 15.5. The largest absolute Gasteiger partial charge is 0.496 e.